The normalized spacial score (nSPS) is 17.7. The van der Waals surface area contributed by atoms with Crippen molar-refractivity contribution in [3.8, 4) is 11.5 Å². The van der Waals surface area contributed by atoms with E-state index in [0.29, 0.717) is 36.1 Å². The largest absolute Gasteiger partial charge is 0.497 e. The first-order chi connectivity index (χ1) is 14.1. The van der Waals surface area contributed by atoms with E-state index in [9.17, 15) is 4.79 Å². The molecule has 29 heavy (non-hydrogen) atoms. The molecule has 0 unspecified atom stereocenters. The average molecular weight is 396 g/mol. The van der Waals surface area contributed by atoms with Crippen molar-refractivity contribution in [2.45, 2.75) is 31.7 Å². The van der Waals surface area contributed by atoms with Crippen LogP contribution in [-0.2, 0) is 13.0 Å². The zero-order valence-corrected chi connectivity index (χ0v) is 17.4. The number of hydrogen-bond acceptors (Lipinski definition) is 6. The SMILES string of the molecule is COc1ccc(OC)c(C(=O)N2CCC(c3ncc4c(n3)CCN(C)C4)CC2)c1. The van der Waals surface area contributed by atoms with Gasteiger partial charge in [-0.25, -0.2) is 9.97 Å². The highest BCUT2D eigenvalue weighted by Gasteiger charge is 2.28. The second kappa shape index (κ2) is 8.37. The van der Waals surface area contributed by atoms with Crippen LogP contribution in [0, 0.1) is 0 Å². The number of likely N-dealkylation sites (tertiary alicyclic amines) is 1. The Labute approximate surface area is 171 Å². The zero-order valence-electron chi connectivity index (χ0n) is 17.4. The lowest BCUT2D eigenvalue weighted by atomic mass is 9.94. The van der Waals surface area contributed by atoms with E-state index in [-0.39, 0.29) is 5.91 Å². The summed E-state index contributed by atoms with van der Waals surface area (Å²) in [6, 6.07) is 5.32. The van der Waals surface area contributed by atoms with Gasteiger partial charge in [-0.15, -0.1) is 0 Å². The topological polar surface area (TPSA) is 67.8 Å². The Morgan fingerprint density at radius 3 is 2.66 bits per heavy atom. The van der Waals surface area contributed by atoms with Gasteiger partial charge in [-0.2, -0.15) is 0 Å². The summed E-state index contributed by atoms with van der Waals surface area (Å²) < 4.78 is 10.7. The molecule has 3 heterocycles. The Morgan fingerprint density at radius 2 is 1.93 bits per heavy atom. The number of carbonyl (C=O) groups is 1. The minimum atomic E-state index is -0.0198. The second-order valence-electron chi connectivity index (χ2n) is 7.82. The van der Waals surface area contributed by atoms with Crippen LogP contribution >= 0.6 is 0 Å². The summed E-state index contributed by atoms with van der Waals surface area (Å²) in [4.78, 5) is 26.8. The molecule has 0 atom stereocenters. The van der Waals surface area contributed by atoms with E-state index < -0.39 is 0 Å². The number of methoxy groups -OCH3 is 2. The van der Waals surface area contributed by atoms with Crippen molar-refractivity contribution in [3.05, 3.63) is 47.0 Å². The van der Waals surface area contributed by atoms with E-state index >= 15 is 0 Å². The molecule has 2 aliphatic heterocycles. The Bertz CT molecular complexity index is 894. The van der Waals surface area contributed by atoms with Crippen LogP contribution in [0.3, 0.4) is 0 Å². The molecular formula is C22H28N4O3. The lowest BCUT2D eigenvalue weighted by Gasteiger charge is -2.32. The number of amides is 1. The monoisotopic (exact) mass is 396 g/mol. The molecule has 0 saturated carbocycles. The van der Waals surface area contributed by atoms with Gasteiger partial charge in [0.2, 0.25) is 0 Å². The number of benzene rings is 1. The lowest BCUT2D eigenvalue weighted by molar-refractivity contribution is 0.0707. The highest BCUT2D eigenvalue weighted by Crippen LogP contribution is 2.30. The quantitative estimate of drug-likeness (QED) is 0.791. The molecular weight excluding hydrogens is 368 g/mol. The van der Waals surface area contributed by atoms with E-state index in [2.05, 4.69) is 16.9 Å². The van der Waals surface area contributed by atoms with Gasteiger partial charge in [0.25, 0.3) is 5.91 Å². The maximum absolute atomic E-state index is 13.1. The van der Waals surface area contributed by atoms with Crippen LogP contribution in [0.15, 0.2) is 24.4 Å². The molecule has 0 bridgehead atoms. The standard InChI is InChI=1S/C22H28N4O3/c1-25-9-8-19-16(14-25)13-23-21(24-19)15-6-10-26(11-7-15)22(27)18-12-17(28-2)4-5-20(18)29-3/h4-5,12-13,15H,6-11,14H2,1-3H3. The van der Waals surface area contributed by atoms with Gasteiger partial charge in [-0.3, -0.25) is 4.79 Å². The second-order valence-corrected chi connectivity index (χ2v) is 7.82. The van der Waals surface area contributed by atoms with Crippen LogP contribution in [-0.4, -0.2) is 66.6 Å². The molecule has 0 N–H and O–H groups in total. The number of carbonyl (C=O) groups excluding carboxylic acids is 1. The molecule has 2 aliphatic rings. The van der Waals surface area contributed by atoms with Crippen molar-refractivity contribution >= 4 is 5.91 Å². The fourth-order valence-electron chi connectivity index (χ4n) is 4.16. The number of likely N-dealkylation sites (N-methyl/N-ethyl adjacent to an activating group) is 1. The van der Waals surface area contributed by atoms with Crippen molar-refractivity contribution in [2.24, 2.45) is 0 Å². The number of ether oxygens (including phenoxy) is 2. The number of rotatable bonds is 4. The van der Waals surface area contributed by atoms with E-state index in [0.717, 1.165) is 38.2 Å². The van der Waals surface area contributed by atoms with E-state index in [4.69, 9.17) is 14.5 Å². The molecule has 0 aliphatic carbocycles. The van der Waals surface area contributed by atoms with Crippen LogP contribution < -0.4 is 9.47 Å². The van der Waals surface area contributed by atoms with E-state index in [1.807, 2.05) is 11.1 Å². The number of aromatic nitrogens is 2. The summed E-state index contributed by atoms with van der Waals surface area (Å²) in [6.45, 7) is 3.34. The zero-order chi connectivity index (χ0) is 20.4. The average Bonchev–Trinajstić information content (AvgIpc) is 2.77. The minimum absolute atomic E-state index is 0.0198. The first-order valence-corrected chi connectivity index (χ1v) is 10.1. The summed E-state index contributed by atoms with van der Waals surface area (Å²) in [7, 11) is 5.30. The first-order valence-electron chi connectivity index (χ1n) is 10.1. The molecule has 1 fully saturated rings. The maximum atomic E-state index is 13.1. The Kier molecular flexibility index (Phi) is 5.67. The molecule has 2 aromatic rings. The minimum Gasteiger partial charge on any atom is -0.497 e. The molecule has 0 spiro atoms. The third-order valence-corrected chi connectivity index (χ3v) is 5.93. The predicted molar refractivity (Wildman–Crippen MR) is 109 cm³/mol. The predicted octanol–water partition coefficient (Wildman–Crippen LogP) is 2.50. The van der Waals surface area contributed by atoms with Gasteiger partial charge in [0.05, 0.1) is 19.8 Å². The van der Waals surface area contributed by atoms with Crippen molar-refractivity contribution in [1.29, 1.82) is 0 Å². The summed E-state index contributed by atoms with van der Waals surface area (Å²) in [6.07, 6.45) is 4.72. The third-order valence-electron chi connectivity index (χ3n) is 5.93. The maximum Gasteiger partial charge on any atom is 0.257 e. The van der Waals surface area contributed by atoms with Crippen molar-refractivity contribution in [1.82, 2.24) is 19.8 Å². The highest BCUT2D eigenvalue weighted by molar-refractivity contribution is 5.97. The molecule has 154 valence electrons. The number of hydrogen-bond donors (Lipinski definition) is 0. The fourth-order valence-corrected chi connectivity index (χ4v) is 4.16. The molecule has 7 nitrogen and oxygen atoms in total. The number of nitrogens with zero attached hydrogens (tertiary/aromatic N) is 4. The molecule has 0 radical (unpaired) electrons. The Morgan fingerprint density at radius 1 is 1.14 bits per heavy atom. The van der Waals surface area contributed by atoms with Crippen LogP contribution in [0.1, 0.15) is 46.2 Å². The first kappa shape index (κ1) is 19.6. The summed E-state index contributed by atoms with van der Waals surface area (Å²) >= 11 is 0. The van der Waals surface area contributed by atoms with Crippen molar-refractivity contribution < 1.29 is 14.3 Å². The number of piperidine rings is 1. The number of fused-ring (bicyclic) bond motifs is 1. The summed E-state index contributed by atoms with van der Waals surface area (Å²) in [5.74, 6) is 2.43. The molecule has 1 aromatic carbocycles. The van der Waals surface area contributed by atoms with Gasteiger partial charge in [-0.05, 0) is 38.1 Å². The molecule has 4 rings (SSSR count). The van der Waals surface area contributed by atoms with Gasteiger partial charge >= 0.3 is 0 Å². The summed E-state index contributed by atoms with van der Waals surface area (Å²) in [5, 5.41) is 0. The Hall–Kier alpha value is -2.67. The van der Waals surface area contributed by atoms with Gasteiger partial charge in [0, 0.05) is 56.0 Å². The highest BCUT2D eigenvalue weighted by atomic mass is 16.5. The molecule has 1 aromatic heterocycles. The molecule has 1 saturated heterocycles. The third kappa shape index (κ3) is 4.05. The van der Waals surface area contributed by atoms with Gasteiger partial charge in [0.15, 0.2) is 0 Å². The van der Waals surface area contributed by atoms with Gasteiger partial charge in [0.1, 0.15) is 17.3 Å². The van der Waals surface area contributed by atoms with Crippen molar-refractivity contribution in [2.75, 3.05) is 40.9 Å². The summed E-state index contributed by atoms with van der Waals surface area (Å²) in [5.41, 5.74) is 2.97. The van der Waals surface area contributed by atoms with Gasteiger partial charge in [-0.1, -0.05) is 0 Å². The lowest BCUT2D eigenvalue weighted by Crippen LogP contribution is -2.38. The van der Waals surface area contributed by atoms with Crippen LogP contribution in [0.2, 0.25) is 0 Å². The Balaban J connectivity index is 1.44. The van der Waals surface area contributed by atoms with Crippen LogP contribution in [0.5, 0.6) is 11.5 Å². The van der Waals surface area contributed by atoms with Gasteiger partial charge < -0.3 is 19.3 Å². The van der Waals surface area contributed by atoms with E-state index in [1.165, 1.54) is 11.3 Å². The van der Waals surface area contributed by atoms with Crippen LogP contribution in [0.4, 0.5) is 0 Å². The smallest absolute Gasteiger partial charge is 0.257 e. The van der Waals surface area contributed by atoms with Crippen LogP contribution in [0.25, 0.3) is 0 Å². The molecule has 7 heteroatoms. The van der Waals surface area contributed by atoms with E-state index in [1.54, 1.807) is 32.4 Å². The molecule has 1 amide bonds. The fraction of sp³-hybridized carbons (Fsp3) is 0.500. The van der Waals surface area contributed by atoms with Crippen molar-refractivity contribution in [3.63, 3.8) is 0 Å².